The zero-order valence-corrected chi connectivity index (χ0v) is 20.4. The third-order valence-corrected chi connectivity index (χ3v) is 7.18. The number of hydrogen-bond donors (Lipinski definition) is 0. The van der Waals surface area contributed by atoms with Crippen LogP contribution in [0.15, 0.2) is 75.9 Å². The van der Waals surface area contributed by atoms with Gasteiger partial charge in [0.25, 0.3) is 11.8 Å². The zero-order valence-electron chi connectivity index (χ0n) is 20.4. The molecule has 0 radical (unpaired) electrons. The number of benzene rings is 3. The van der Waals surface area contributed by atoms with Crippen molar-refractivity contribution in [3.63, 3.8) is 0 Å². The van der Waals surface area contributed by atoms with Crippen LogP contribution in [-0.4, -0.2) is 37.0 Å². The van der Waals surface area contributed by atoms with Crippen molar-refractivity contribution in [1.82, 2.24) is 4.90 Å². The summed E-state index contributed by atoms with van der Waals surface area (Å²) >= 11 is 0. The minimum Gasteiger partial charge on any atom is -0.450 e. The molecule has 0 N–H and O–H groups in total. The molecular weight excluding hydrogens is 494 g/mol. The standard InChI is InChI=1S/C29H22F2N2O5/c1-37-14-4-13-33-27(35)26-24(25(34)20-15-19(31)11-12-23(20)38-26)29(33)21-5-2-3-6-22(21)32(28(29)36)16-17-7-9-18(30)10-8-17/h2-3,5-12,15H,4,13-14,16H2,1H3. The molecule has 6 rings (SSSR count). The number of methoxy groups -OCH3 is 1. The van der Waals surface area contributed by atoms with E-state index in [4.69, 9.17) is 9.15 Å². The summed E-state index contributed by atoms with van der Waals surface area (Å²) in [4.78, 5) is 45.2. The Morgan fingerprint density at radius 3 is 2.45 bits per heavy atom. The van der Waals surface area contributed by atoms with E-state index in [1.54, 1.807) is 36.4 Å². The summed E-state index contributed by atoms with van der Waals surface area (Å²) in [5.41, 5.74) is -0.906. The highest BCUT2D eigenvalue weighted by molar-refractivity contribution is 6.17. The summed E-state index contributed by atoms with van der Waals surface area (Å²) in [5.74, 6) is -2.41. The van der Waals surface area contributed by atoms with E-state index in [0.717, 1.165) is 12.1 Å². The van der Waals surface area contributed by atoms with Crippen LogP contribution in [0.1, 0.15) is 33.7 Å². The van der Waals surface area contributed by atoms with E-state index in [2.05, 4.69) is 0 Å². The van der Waals surface area contributed by atoms with E-state index in [1.165, 1.54) is 35.1 Å². The Labute approximate surface area is 215 Å². The molecule has 1 atom stereocenters. The number of carbonyl (C=O) groups excluding carboxylic acids is 2. The van der Waals surface area contributed by atoms with Gasteiger partial charge in [0, 0.05) is 25.8 Å². The number of fused-ring (bicyclic) bond motifs is 5. The molecule has 1 spiro atoms. The Morgan fingerprint density at radius 1 is 0.947 bits per heavy atom. The van der Waals surface area contributed by atoms with Gasteiger partial charge in [-0.05, 0) is 48.4 Å². The zero-order chi connectivity index (χ0) is 26.6. The van der Waals surface area contributed by atoms with Crippen molar-refractivity contribution in [2.45, 2.75) is 18.5 Å². The molecule has 0 fully saturated rings. The molecule has 4 aromatic rings. The third-order valence-electron chi connectivity index (χ3n) is 7.18. The molecule has 0 saturated heterocycles. The lowest BCUT2D eigenvalue weighted by Crippen LogP contribution is -2.53. The van der Waals surface area contributed by atoms with Gasteiger partial charge >= 0.3 is 0 Å². The first-order chi connectivity index (χ1) is 18.4. The van der Waals surface area contributed by atoms with Crippen molar-refractivity contribution >= 4 is 28.5 Å². The Hall–Kier alpha value is -4.37. The second kappa shape index (κ2) is 8.88. The van der Waals surface area contributed by atoms with Gasteiger partial charge in [-0.2, -0.15) is 0 Å². The van der Waals surface area contributed by atoms with Gasteiger partial charge in [0.1, 0.15) is 17.2 Å². The average Bonchev–Trinajstić information content (AvgIpc) is 3.31. The molecule has 7 nitrogen and oxygen atoms in total. The molecule has 1 aromatic heterocycles. The maximum absolute atomic E-state index is 14.5. The number of rotatable bonds is 6. The Bertz CT molecular complexity index is 1670. The van der Waals surface area contributed by atoms with Crippen molar-refractivity contribution in [2.24, 2.45) is 0 Å². The summed E-state index contributed by atoms with van der Waals surface area (Å²) in [6.45, 7) is 0.506. The molecule has 9 heteroatoms. The van der Waals surface area contributed by atoms with Crippen molar-refractivity contribution < 1.29 is 27.5 Å². The van der Waals surface area contributed by atoms with Crippen LogP contribution in [0, 0.1) is 11.6 Å². The number of carbonyl (C=O) groups is 2. The SMILES string of the molecule is COCCCN1C(=O)c2oc3ccc(F)cc3c(=O)c2C12C(=O)N(Cc1ccc(F)cc1)c1ccccc12. The highest BCUT2D eigenvalue weighted by Gasteiger charge is 2.64. The lowest BCUT2D eigenvalue weighted by Gasteiger charge is -2.34. The molecule has 2 aliphatic rings. The number of ether oxygens (including phenoxy) is 1. The van der Waals surface area contributed by atoms with Crippen LogP contribution in [-0.2, 0) is 21.6 Å². The molecule has 38 heavy (non-hydrogen) atoms. The van der Waals surface area contributed by atoms with Crippen molar-refractivity contribution in [2.75, 3.05) is 25.2 Å². The Morgan fingerprint density at radius 2 is 1.68 bits per heavy atom. The van der Waals surface area contributed by atoms with Gasteiger partial charge in [-0.15, -0.1) is 0 Å². The third kappa shape index (κ3) is 3.31. The van der Waals surface area contributed by atoms with Gasteiger partial charge in [0.15, 0.2) is 11.0 Å². The highest BCUT2D eigenvalue weighted by atomic mass is 19.1. The van der Waals surface area contributed by atoms with E-state index in [1.807, 2.05) is 0 Å². The molecule has 0 saturated carbocycles. The minimum absolute atomic E-state index is 0.0549. The van der Waals surface area contributed by atoms with Crippen LogP contribution in [0.25, 0.3) is 11.0 Å². The van der Waals surface area contributed by atoms with Crippen molar-refractivity contribution in [1.29, 1.82) is 0 Å². The van der Waals surface area contributed by atoms with Gasteiger partial charge < -0.3 is 19.0 Å². The monoisotopic (exact) mass is 516 g/mol. The van der Waals surface area contributed by atoms with Crippen LogP contribution in [0.3, 0.4) is 0 Å². The van der Waals surface area contributed by atoms with Gasteiger partial charge in [-0.25, -0.2) is 8.78 Å². The summed E-state index contributed by atoms with van der Waals surface area (Å²) in [7, 11) is 1.53. The summed E-state index contributed by atoms with van der Waals surface area (Å²) in [5, 5.41) is -0.0584. The Balaban J connectivity index is 1.62. The molecule has 0 aliphatic carbocycles. The number of nitrogens with zero attached hydrogens (tertiary/aromatic N) is 2. The molecule has 2 aliphatic heterocycles. The second-order valence-corrected chi connectivity index (χ2v) is 9.32. The highest BCUT2D eigenvalue weighted by Crippen LogP contribution is 2.52. The second-order valence-electron chi connectivity index (χ2n) is 9.32. The van der Waals surface area contributed by atoms with Crippen LogP contribution < -0.4 is 10.3 Å². The van der Waals surface area contributed by atoms with Gasteiger partial charge in [-0.1, -0.05) is 30.3 Å². The molecule has 3 heterocycles. The van der Waals surface area contributed by atoms with Crippen LogP contribution in [0.4, 0.5) is 14.5 Å². The predicted molar refractivity (Wildman–Crippen MR) is 135 cm³/mol. The number of anilines is 1. The normalized spacial score (nSPS) is 18.1. The van der Waals surface area contributed by atoms with E-state index in [0.29, 0.717) is 29.8 Å². The first-order valence-corrected chi connectivity index (χ1v) is 12.1. The molecule has 192 valence electrons. The summed E-state index contributed by atoms with van der Waals surface area (Å²) in [6, 6.07) is 16.2. The van der Waals surface area contributed by atoms with Crippen molar-refractivity contribution in [3.05, 3.63) is 111 Å². The van der Waals surface area contributed by atoms with Crippen LogP contribution in [0.5, 0.6) is 0 Å². The maximum atomic E-state index is 14.5. The predicted octanol–water partition coefficient (Wildman–Crippen LogP) is 4.35. The average molecular weight is 517 g/mol. The quantitative estimate of drug-likeness (QED) is 0.356. The minimum atomic E-state index is -1.81. The Kier molecular flexibility index (Phi) is 5.61. The lowest BCUT2D eigenvalue weighted by atomic mass is 9.84. The number of halogens is 2. The fraction of sp³-hybridized carbons (Fsp3) is 0.207. The first kappa shape index (κ1) is 24.0. The van der Waals surface area contributed by atoms with Gasteiger partial charge in [0.2, 0.25) is 5.76 Å². The molecule has 1 unspecified atom stereocenters. The first-order valence-electron chi connectivity index (χ1n) is 12.1. The largest absolute Gasteiger partial charge is 0.450 e. The van der Waals surface area contributed by atoms with E-state index in [9.17, 15) is 23.2 Å². The number of amides is 2. The number of hydrogen-bond acceptors (Lipinski definition) is 5. The van der Waals surface area contributed by atoms with E-state index >= 15 is 0 Å². The maximum Gasteiger partial charge on any atom is 0.291 e. The fourth-order valence-corrected chi connectivity index (χ4v) is 5.56. The molecule has 2 amide bonds. The van der Waals surface area contributed by atoms with Crippen LogP contribution in [0.2, 0.25) is 0 Å². The van der Waals surface area contributed by atoms with Crippen molar-refractivity contribution in [3.8, 4) is 0 Å². The van der Waals surface area contributed by atoms with E-state index < -0.39 is 34.4 Å². The molecule has 0 bridgehead atoms. The summed E-state index contributed by atoms with van der Waals surface area (Å²) < 4.78 is 38.8. The molecule has 3 aromatic carbocycles. The number of para-hydroxylation sites is 1. The molecular formula is C29H22F2N2O5. The lowest BCUT2D eigenvalue weighted by molar-refractivity contribution is -0.126. The topological polar surface area (TPSA) is 80.1 Å². The van der Waals surface area contributed by atoms with Gasteiger partial charge in [-0.3, -0.25) is 14.4 Å². The smallest absolute Gasteiger partial charge is 0.291 e. The van der Waals surface area contributed by atoms with E-state index in [-0.39, 0.29) is 35.4 Å². The van der Waals surface area contributed by atoms with Crippen LogP contribution >= 0.6 is 0 Å². The van der Waals surface area contributed by atoms with Gasteiger partial charge in [0.05, 0.1) is 23.2 Å². The summed E-state index contributed by atoms with van der Waals surface area (Å²) in [6.07, 6.45) is 0.397. The fourth-order valence-electron chi connectivity index (χ4n) is 5.56.